The number of hydrazone groups is 1. The van der Waals surface area contributed by atoms with E-state index in [-0.39, 0.29) is 22.5 Å². The number of nitro groups is 2. The fraction of sp³-hybridized carbons (Fsp3) is 0.611. The van der Waals surface area contributed by atoms with Crippen LogP contribution in [0.1, 0.15) is 59.3 Å². The van der Waals surface area contributed by atoms with Crippen molar-refractivity contribution in [1.29, 1.82) is 0 Å². The number of nitrogens with zero attached hydrogens (tertiary/aromatic N) is 3. The lowest BCUT2D eigenvalue weighted by molar-refractivity contribution is -0.393. The third-order valence-corrected chi connectivity index (χ3v) is 5.12. The fourth-order valence-corrected chi connectivity index (χ4v) is 3.80. The van der Waals surface area contributed by atoms with E-state index >= 15 is 0 Å². The Labute approximate surface area is 153 Å². The van der Waals surface area contributed by atoms with E-state index < -0.39 is 9.85 Å². The molecule has 0 heterocycles. The number of rotatable bonds is 7. The molecule has 26 heavy (non-hydrogen) atoms. The molecule has 1 aromatic rings. The summed E-state index contributed by atoms with van der Waals surface area (Å²) in [4.78, 5) is 20.8. The molecule has 0 unspecified atom stereocenters. The first kappa shape index (κ1) is 19.8. The molecule has 0 aromatic heterocycles. The number of hydrogen-bond acceptors (Lipinski definition) is 6. The molecule has 1 fully saturated rings. The highest BCUT2D eigenvalue weighted by Gasteiger charge is 2.34. The quantitative estimate of drug-likeness (QED) is 0.523. The molecule has 0 spiro atoms. The average molecular weight is 362 g/mol. The maximum atomic E-state index is 11.3. The van der Waals surface area contributed by atoms with Crippen LogP contribution in [-0.4, -0.2) is 15.6 Å². The summed E-state index contributed by atoms with van der Waals surface area (Å²) in [5.74, 6) is 0.334. The lowest BCUT2D eigenvalue weighted by Crippen LogP contribution is -2.34. The first-order chi connectivity index (χ1) is 12.3. The van der Waals surface area contributed by atoms with Crippen LogP contribution in [-0.2, 0) is 0 Å². The number of non-ortho nitro benzene ring substituents is 1. The molecule has 8 heteroatoms. The van der Waals surface area contributed by atoms with Crippen LogP contribution >= 0.6 is 0 Å². The molecule has 0 saturated heterocycles. The predicted molar refractivity (Wildman–Crippen MR) is 101 cm³/mol. The van der Waals surface area contributed by atoms with E-state index in [2.05, 4.69) is 31.3 Å². The van der Waals surface area contributed by atoms with Gasteiger partial charge in [-0.2, -0.15) is 5.10 Å². The van der Waals surface area contributed by atoms with Crippen molar-refractivity contribution in [2.45, 2.75) is 59.3 Å². The van der Waals surface area contributed by atoms with Gasteiger partial charge in [-0.05, 0) is 37.2 Å². The SMILES string of the molecule is CCCC(C)(C)[C@H]1CCCC/C1=N/Nc1ccc([N+](=O)[O-])cc1[N+](=O)[O-]. The van der Waals surface area contributed by atoms with Gasteiger partial charge in [0.25, 0.3) is 5.69 Å². The lowest BCUT2D eigenvalue weighted by Gasteiger charge is -2.37. The van der Waals surface area contributed by atoms with Gasteiger partial charge in [0.15, 0.2) is 0 Å². The van der Waals surface area contributed by atoms with Crippen LogP contribution in [0, 0.1) is 31.6 Å². The zero-order valence-corrected chi connectivity index (χ0v) is 15.5. The van der Waals surface area contributed by atoms with Gasteiger partial charge in [0, 0.05) is 17.7 Å². The van der Waals surface area contributed by atoms with Gasteiger partial charge in [-0.1, -0.05) is 33.6 Å². The molecule has 0 aliphatic heterocycles. The Morgan fingerprint density at radius 1 is 1.23 bits per heavy atom. The normalized spacial score (nSPS) is 19.3. The molecule has 142 valence electrons. The number of anilines is 1. The first-order valence-corrected chi connectivity index (χ1v) is 9.01. The summed E-state index contributed by atoms with van der Waals surface area (Å²) in [6.07, 6.45) is 6.34. The lowest BCUT2D eigenvalue weighted by atomic mass is 9.68. The zero-order valence-electron chi connectivity index (χ0n) is 15.5. The molecule has 1 aliphatic rings. The van der Waals surface area contributed by atoms with Crippen molar-refractivity contribution >= 4 is 22.8 Å². The molecule has 1 N–H and O–H groups in total. The standard InChI is InChI=1S/C18H26N4O4/c1-4-11-18(2,3)14-7-5-6-8-15(14)19-20-16-10-9-13(21(23)24)12-17(16)22(25)26/h9-10,12,14,20H,4-8,11H2,1-3H3/b19-15-/t14-/m0/s1. The van der Waals surface area contributed by atoms with Crippen LogP contribution in [0.15, 0.2) is 23.3 Å². The summed E-state index contributed by atoms with van der Waals surface area (Å²) < 4.78 is 0. The summed E-state index contributed by atoms with van der Waals surface area (Å²) in [6.45, 7) is 6.66. The maximum Gasteiger partial charge on any atom is 0.301 e. The van der Waals surface area contributed by atoms with E-state index in [0.29, 0.717) is 5.92 Å². The minimum Gasteiger partial charge on any atom is -0.272 e. The monoisotopic (exact) mass is 362 g/mol. The van der Waals surface area contributed by atoms with Crippen LogP contribution in [0.3, 0.4) is 0 Å². The van der Waals surface area contributed by atoms with Crippen LogP contribution in [0.2, 0.25) is 0 Å². The third kappa shape index (κ3) is 4.56. The van der Waals surface area contributed by atoms with Crippen molar-refractivity contribution in [2.75, 3.05) is 5.43 Å². The van der Waals surface area contributed by atoms with Crippen molar-refractivity contribution in [3.63, 3.8) is 0 Å². The van der Waals surface area contributed by atoms with E-state index in [4.69, 9.17) is 0 Å². The fourth-order valence-electron chi connectivity index (χ4n) is 3.80. The molecule has 0 radical (unpaired) electrons. The topological polar surface area (TPSA) is 111 Å². The number of nitro benzene ring substituents is 2. The molecule has 0 bridgehead atoms. The minimum atomic E-state index is -0.646. The second-order valence-corrected chi connectivity index (χ2v) is 7.47. The Hall–Kier alpha value is -2.51. The van der Waals surface area contributed by atoms with Gasteiger partial charge in [0.1, 0.15) is 5.69 Å². The summed E-state index contributed by atoms with van der Waals surface area (Å²) in [6, 6.07) is 3.55. The molecule has 1 aromatic carbocycles. The summed E-state index contributed by atoms with van der Waals surface area (Å²) in [7, 11) is 0. The van der Waals surface area contributed by atoms with Crippen LogP contribution < -0.4 is 5.43 Å². The van der Waals surface area contributed by atoms with Gasteiger partial charge >= 0.3 is 5.69 Å². The van der Waals surface area contributed by atoms with Crippen LogP contribution in [0.4, 0.5) is 17.1 Å². The second-order valence-electron chi connectivity index (χ2n) is 7.47. The molecule has 1 aliphatic carbocycles. The van der Waals surface area contributed by atoms with Crippen molar-refractivity contribution in [1.82, 2.24) is 0 Å². The van der Waals surface area contributed by atoms with Gasteiger partial charge in [0.2, 0.25) is 0 Å². The molecule has 0 amide bonds. The molecule has 8 nitrogen and oxygen atoms in total. The van der Waals surface area contributed by atoms with Crippen LogP contribution in [0.5, 0.6) is 0 Å². The van der Waals surface area contributed by atoms with Gasteiger partial charge < -0.3 is 0 Å². The molecule has 1 atom stereocenters. The molecule has 1 saturated carbocycles. The van der Waals surface area contributed by atoms with E-state index in [1.807, 2.05) is 0 Å². The van der Waals surface area contributed by atoms with E-state index in [1.165, 1.54) is 12.1 Å². The Morgan fingerprint density at radius 3 is 2.58 bits per heavy atom. The van der Waals surface area contributed by atoms with Crippen molar-refractivity contribution in [2.24, 2.45) is 16.4 Å². The van der Waals surface area contributed by atoms with Crippen molar-refractivity contribution in [3.05, 3.63) is 38.4 Å². The number of hydrogen-bond donors (Lipinski definition) is 1. The van der Waals surface area contributed by atoms with Crippen LogP contribution in [0.25, 0.3) is 0 Å². The molecule has 2 rings (SSSR count). The Bertz CT molecular complexity index is 715. The average Bonchev–Trinajstić information content (AvgIpc) is 2.59. The van der Waals surface area contributed by atoms with E-state index in [1.54, 1.807) is 0 Å². The summed E-state index contributed by atoms with van der Waals surface area (Å²) in [5.41, 5.74) is 3.47. The molecular weight excluding hydrogens is 336 g/mol. The summed E-state index contributed by atoms with van der Waals surface area (Å²) in [5, 5.41) is 26.6. The summed E-state index contributed by atoms with van der Waals surface area (Å²) >= 11 is 0. The maximum absolute atomic E-state index is 11.3. The van der Waals surface area contributed by atoms with E-state index in [9.17, 15) is 20.2 Å². The van der Waals surface area contributed by atoms with E-state index in [0.717, 1.165) is 50.3 Å². The highest BCUT2D eigenvalue weighted by molar-refractivity contribution is 5.89. The van der Waals surface area contributed by atoms with Gasteiger partial charge in [-0.25, -0.2) is 0 Å². The van der Waals surface area contributed by atoms with Crippen molar-refractivity contribution < 1.29 is 9.85 Å². The Balaban J connectivity index is 2.29. The smallest absolute Gasteiger partial charge is 0.272 e. The van der Waals surface area contributed by atoms with Gasteiger partial charge in [-0.3, -0.25) is 25.7 Å². The highest BCUT2D eigenvalue weighted by Crippen LogP contribution is 2.40. The second kappa shape index (κ2) is 8.25. The molecular formula is C18H26N4O4. The largest absolute Gasteiger partial charge is 0.301 e. The highest BCUT2D eigenvalue weighted by atomic mass is 16.6. The Morgan fingerprint density at radius 2 is 1.96 bits per heavy atom. The Kier molecular flexibility index (Phi) is 6.28. The zero-order chi connectivity index (χ0) is 19.3. The number of nitrogens with one attached hydrogen (secondary N) is 1. The van der Waals surface area contributed by atoms with Crippen molar-refractivity contribution in [3.8, 4) is 0 Å². The predicted octanol–water partition coefficient (Wildman–Crippen LogP) is 5.29. The number of benzene rings is 1. The third-order valence-electron chi connectivity index (χ3n) is 5.12. The minimum absolute atomic E-state index is 0.122. The van der Waals surface area contributed by atoms with Gasteiger partial charge in [-0.15, -0.1) is 0 Å². The van der Waals surface area contributed by atoms with Gasteiger partial charge in [0.05, 0.1) is 15.9 Å². The first-order valence-electron chi connectivity index (χ1n) is 9.01.